The van der Waals surface area contributed by atoms with Crippen molar-refractivity contribution >= 4 is 5.91 Å². The molecule has 1 aliphatic heterocycles. The fourth-order valence-electron chi connectivity index (χ4n) is 3.68. The van der Waals surface area contributed by atoms with E-state index in [1.807, 2.05) is 18.9 Å². The van der Waals surface area contributed by atoms with Crippen molar-refractivity contribution in [2.24, 2.45) is 0 Å². The molecule has 1 aliphatic rings. The Balaban J connectivity index is 1.63. The van der Waals surface area contributed by atoms with Gasteiger partial charge in [0.05, 0.1) is 0 Å². The predicted molar refractivity (Wildman–Crippen MR) is 104 cm³/mol. The summed E-state index contributed by atoms with van der Waals surface area (Å²) in [6, 6.07) is 14.4. The molecule has 1 fully saturated rings. The Morgan fingerprint density at radius 2 is 1.74 bits per heavy atom. The largest absolute Gasteiger partial charge is 0.379 e. The molecule has 1 N–H and O–H groups in total. The zero-order valence-electron chi connectivity index (χ0n) is 16.0. The maximum Gasteiger partial charge on any atom is 0.256 e. The summed E-state index contributed by atoms with van der Waals surface area (Å²) in [4.78, 5) is 16.6. The van der Waals surface area contributed by atoms with E-state index in [0.29, 0.717) is 32.6 Å². The molecule has 0 saturated carbocycles. The minimum Gasteiger partial charge on any atom is -0.379 e. The lowest BCUT2D eigenvalue weighted by Crippen LogP contribution is -2.57. The molecule has 1 saturated heterocycles. The summed E-state index contributed by atoms with van der Waals surface area (Å²) in [5.41, 5.74) is 1.84. The van der Waals surface area contributed by atoms with Gasteiger partial charge in [-0.25, -0.2) is 4.39 Å². The van der Waals surface area contributed by atoms with Gasteiger partial charge in [0.1, 0.15) is 5.82 Å². The number of rotatable bonds is 6. The van der Waals surface area contributed by atoms with E-state index in [2.05, 4.69) is 24.3 Å². The molecule has 0 bridgehead atoms. The molecule has 0 aliphatic carbocycles. The highest BCUT2D eigenvalue weighted by Crippen LogP contribution is 2.25. The molecule has 5 heteroatoms. The third kappa shape index (κ3) is 4.93. The first-order valence-electron chi connectivity index (χ1n) is 9.36. The van der Waals surface area contributed by atoms with E-state index in [1.54, 1.807) is 17.0 Å². The number of piperidine rings is 1. The van der Waals surface area contributed by atoms with Crippen molar-refractivity contribution in [2.45, 2.75) is 38.5 Å². The summed E-state index contributed by atoms with van der Waals surface area (Å²) in [6.45, 7) is 4.02. The zero-order chi connectivity index (χ0) is 19.4. The summed E-state index contributed by atoms with van der Waals surface area (Å²) in [5, 5.41) is 11.0. The molecular weight excluding hydrogens is 343 g/mol. The van der Waals surface area contributed by atoms with Crippen molar-refractivity contribution in [1.29, 1.82) is 0 Å². The van der Waals surface area contributed by atoms with Crippen LogP contribution in [0.4, 0.5) is 4.39 Å². The topological polar surface area (TPSA) is 43.8 Å². The average Bonchev–Trinajstić information content (AvgIpc) is 2.63. The number of carbonyl (C=O) groups excluding carboxylic acids is 1. The Morgan fingerprint density at radius 1 is 1.11 bits per heavy atom. The average molecular weight is 370 g/mol. The Hall–Kier alpha value is -2.24. The molecule has 1 amide bonds. The van der Waals surface area contributed by atoms with E-state index in [4.69, 9.17) is 0 Å². The van der Waals surface area contributed by atoms with Crippen LogP contribution < -0.4 is 0 Å². The summed E-state index contributed by atoms with van der Waals surface area (Å²) in [7, 11) is 1.92. The summed E-state index contributed by atoms with van der Waals surface area (Å²) < 4.78 is 13.1. The van der Waals surface area contributed by atoms with Crippen LogP contribution in [0.3, 0.4) is 0 Å². The minimum atomic E-state index is -1.38. The van der Waals surface area contributed by atoms with Crippen LogP contribution in [0.2, 0.25) is 0 Å². The number of hydrogen-bond donors (Lipinski definition) is 1. The van der Waals surface area contributed by atoms with Crippen LogP contribution in [0, 0.1) is 12.7 Å². The van der Waals surface area contributed by atoms with Gasteiger partial charge in [0.25, 0.3) is 5.91 Å². The van der Waals surface area contributed by atoms with Gasteiger partial charge >= 0.3 is 0 Å². The Labute approximate surface area is 160 Å². The van der Waals surface area contributed by atoms with Crippen molar-refractivity contribution in [1.82, 2.24) is 9.80 Å². The molecule has 3 rings (SSSR count). The van der Waals surface area contributed by atoms with Crippen molar-refractivity contribution in [2.75, 3.05) is 20.1 Å². The van der Waals surface area contributed by atoms with Crippen LogP contribution in [0.5, 0.6) is 0 Å². The SMILES string of the molecule is Cc1ccc(CN(C)C[C@@]2(O)CCCN(Cc3ccc(F)cc3)C2=O)cc1. The number of halogens is 1. The Kier molecular flexibility index (Phi) is 5.92. The van der Waals surface area contributed by atoms with Crippen molar-refractivity contribution in [3.8, 4) is 0 Å². The van der Waals surface area contributed by atoms with E-state index in [-0.39, 0.29) is 11.7 Å². The normalized spacial score (nSPS) is 20.3. The number of amides is 1. The molecule has 2 aromatic carbocycles. The van der Waals surface area contributed by atoms with Crippen LogP contribution in [-0.4, -0.2) is 46.6 Å². The van der Waals surface area contributed by atoms with Crippen LogP contribution in [-0.2, 0) is 17.9 Å². The van der Waals surface area contributed by atoms with Gasteiger partial charge in [0.15, 0.2) is 5.60 Å². The maximum absolute atomic E-state index is 13.1. The van der Waals surface area contributed by atoms with Crippen molar-refractivity contribution in [3.05, 3.63) is 71.0 Å². The zero-order valence-corrected chi connectivity index (χ0v) is 16.0. The number of aryl methyl sites for hydroxylation is 1. The second kappa shape index (κ2) is 8.19. The third-order valence-electron chi connectivity index (χ3n) is 5.09. The quantitative estimate of drug-likeness (QED) is 0.850. The van der Waals surface area contributed by atoms with Gasteiger partial charge in [-0.05, 0) is 50.1 Å². The summed E-state index contributed by atoms with van der Waals surface area (Å²) >= 11 is 0. The summed E-state index contributed by atoms with van der Waals surface area (Å²) in [5.74, 6) is -0.535. The number of aliphatic hydroxyl groups is 1. The van der Waals surface area contributed by atoms with Gasteiger partial charge in [-0.3, -0.25) is 9.69 Å². The summed E-state index contributed by atoms with van der Waals surface area (Å²) in [6.07, 6.45) is 1.21. The second-order valence-corrected chi connectivity index (χ2v) is 7.65. The van der Waals surface area contributed by atoms with E-state index in [9.17, 15) is 14.3 Å². The van der Waals surface area contributed by atoms with Crippen molar-refractivity contribution in [3.63, 3.8) is 0 Å². The van der Waals surface area contributed by atoms with Crippen molar-refractivity contribution < 1.29 is 14.3 Å². The number of nitrogens with zero attached hydrogens (tertiary/aromatic N) is 2. The molecule has 0 unspecified atom stereocenters. The number of likely N-dealkylation sites (tertiary alicyclic amines) is 1. The van der Waals surface area contributed by atoms with Crippen LogP contribution in [0.25, 0.3) is 0 Å². The molecule has 1 atom stereocenters. The fraction of sp³-hybridized carbons (Fsp3) is 0.409. The highest BCUT2D eigenvalue weighted by atomic mass is 19.1. The first-order chi connectivity index (χ1) is 12.9. The lowest BCUT2D eigenvalue weighted by molar-refractivity contribution is -0.160. The highest BCUT2D eigenvalue weighted by molar-refractivity contribution is 5.86. The number of benzene rings is 2. The fourth-order valence-corrected chi connectivity index (χ4v) is 3.68. The number of carbonyl (C=O) groups is 1. The van der Waals surface area contributed by atoms with Gasteiger partial charge < -0.3 is 10.0 Å². The number of likely N-dealkylation sites (N-methyl/N-ethyl adjacent to an activating group) is 1. The van der Waals surface area contributed by atoms with Gasteiger partial charge in [0, 0.05) is 26.2 Å². The molecule has 0 aromatic heterocycles. The van der Waals surface area contributed by atoms with E-state index < -0.39 is 5.60 Å². The first kappa shape index (κ1) is 19.5. The van der Waals surface area contributed by atoms with Gasteiger partial charge in [-0.2, -0.15) is 0 Å². The third-order valence-corrected chi connectivity index (χ3v) is 5.09. The molecular formula is C22H27FN2O2. The van der Waals surface area contributed by atoms with Crippen LogP contribution in [0.1, 0.15) is 29.5 Å². The lowest BCUT2D eigenvalue weighted by atomic mass is 9.90. The second-order valence-electron chi connectivity index (χ2n) is 7.65. The molecule has 144 valence electrons. The highest BCUT2D eigenvalue weighted by Gasteiger charge is 2.42. The Bertz CT molecular complexity index is 776. The smallest absolute Gasteiger partial charge is 0.256 e. The van der Waals surface area contributed by atoms with Crippen LogP contribution in [0.15, 0.2) is 48.5 Å². The molecule has 0 radical (unpaired) electrons. The molecule has 2 aromatic rings. The van der Waals surface area contributed by atoms with E-state index in [0.717, 1.165) is 17.5 Å². The maximum atomic E-state index is 13.1. The van der Waals surface area contributed by atoms with Crippen LogP contribution >= 0.6 is 0 Å². The van der Waals surface area contributed by atoms with E-state index >= 15 is 0 Å². The lowest BCUT2D eigenvalue weighted by Gasteiger charge is -2.40. The number of hydrogen-bond acceptors (Lipinski definition) is 3. The Morgan fingerprint density at radius 3 is 2.41 bits per heavy atom. The monoisotopic (exact) mass is 370 g/mol. The predicted octanol–water partition coefficient (Wildman–Crippen LogP) is 3.12. The first-order valence-corrected chi connectivity index (χ1v) is 9.36. The molecule has 27 heavy (non-hydrogen) atoms. The standard InChI is InChI=1S/C22H27FN2O2/c1-17-4-6-18(7-5-17)14-24(2)16-22(27)12-3-13-25(21(22)26)15-19-8-10-20(23)11-9-19/h4-11,27H,3,12-16H2,1-2H3/t22-/m0/s1. The minimum absolute atomic E-state index is 0.242. The molecule has 4 nitrogen and oxygen atoms in total. The molecule has 1 heterocycles. The van der Waals surface area contributed by atoms with Gasteiger partial charge in [-0.1, -0.05) is 42.0 Å². The van der Waals surface area contributed by atoms with E-state index in [1.165, 1.54) is 17.7 Å². The van der Waals surface area contributed by atoms with Gasteiger partial charge in [-0.15, -0.1) is 0 Å². The molecule has 0 spiro atoms. The van der Waals surface area contributed by atoms with Gasteiger partial charge in [0.2, 0.25) is 0 Å².